The van der Waals surface area contributed by atoms with Crippen LogP contribution in [0.2, 0.25) is 0 Å². The van der Waals surface area contributed by atoms with Gasteiger partial charge in [-0.3, -0.25) is 9.59 Å². The van der Waals surface area contributed by atoms with Crippen molar-refractivity contribution in [1.29, 1.82) is 0 Å². The maximum atomic E-state index is 11.6. The van der Waals surface area contributed by atoms with Crippen LogP contribution in [0.5, 0.6) is 0 Å². The third-order valence-corrected chi connectivity index (χ3v) is 3.51. The zero-order valence-electron chi connectivity index (χ0n) is 10.8. The molecular formula is C15H18O4. The fourth-order valence-electron chi connectivity index (χ4n) is 2.70. The summed E-state index contributed by atoms with van der Waals surface area (Å²) in [6.45, 7) is 0. The molecule has 0 heterocycles. The molecule has 102 valence electrons. The lowest BCUT2D eigenvalue weighted by Gasteiger charge is -2.29. The molecule has 0 radical (unpaired) electrons. The van der Waals surface area contributed by atoms with Gasteiger partial charge in [-0.05, 0) is 31.2 Å². The van der Waals surface area contributed by atoms with E-state index in [1.807, 2.05) is 30.3 Å². The molecule has 1 aromatic carbocycles. The number of carbonyl (C=O) groups excluding carboxylic acids is 1. The fourth-order valence-corrected chi connectivity index (χ4v) is 2.70. The Balaban J connectivity index is 2.05. The average Bonchev–Trinajstić information content (AvgIpc) is 2.77. The van der Waals surface area contributed by atoms with E-state index >= 15 is 0 Å². The first kappa shape index (κ1) is 13.6. The standard InChI is InChI=1S/C15H18O4/c16-13(17)10-14(18)19-15(8-4-5-9-15)11-12-6-2-1-3-7-12/h1-3,6-7H,4-5,8-11H2,(H,16,17). The Bertz CT molecular complexity index is 446. The number of benzene rings is 1. The lowest BCUT2D eigenvalue weighted by atomic mass is 9.92. The summed E-state index contributed by atoms with van der Waals surface area (Å²) in [5.74, 6) is -1.77. The van der Waals surface area contributed by atoms with Gasteiger partial charge in [0.05, 0.1) is 0 Å². The Labute approximate surface area is 112 Å². The van der Waals surface area contributed by atoms with E-state index in [2.05, 4.69) is 0 Å². The molecule has 2 rings (SSSR count). The van der Waals surface area contributed by atoms with Gasteiger partial charge >= 0.3 is 11.9 Å². The van der Waals surface area contributed by atoms with Crippen molar-refractivity contribution in [3.05, 3.63) is 35.9 Å². The number of hydrogen-bond donors (Lipinski definition) is 1. The summed E-state index contributed by atoms with van der Waals surface area (Å²) in [5.41, 5.74) is 0.612. The molecule has 0 aliphatic heterocycles. The summed E-state index contributed by atoms with van der Waals surface area (Å²) in [7, 11) is 0. The van der Waals surface area contributed by atoms with Gasteiger partial charge < -0.3 is 9.84 Å². The highest BCUT2D eigenvalue weighted by Gasteiger charge is 2.38. The van der Waals surface area contributed by atoms with E-state index in [1.54, 1.807) is 0 Å². The Morgan fingerprint density at radius 3 is 2.37 bits per heavy atom. The van der Waals surface area contributed by atoms with Crippen LogP contribution < -0.4 is 0 Å². The molecule has 1 aliphatic carbocycles. The summed E-state index contributed by atoms with van der Waals surface area (Å²) in [6.07, 6.45) is 3.77. The molecule has 0 atom stereocenters. The molecule has 1 saturated carbocycles. The van der Waals surface area contributed by atoms with E-state index in [0.717, 1.165) is 31.2 Å². The molecule has 1 fully saturated rings. The first-order valence-corrected chi connectivity index (χ1v) is 6.57. The monoisotopic (exact) mass is 262 g/mol. The molecule has 0 aromatic heterocycles. The number of carbonyl (C=O) groups is 2. The predicted octanol–water partition coefficient (Wildman–Crippen LogP) is 2.56. The second kappa shape index (κ2) is 5.87. The molecule has 1 N–H and O–H groups in total. The molecule has 0 spiro atoms. The quantitative estimate of drug-likeness (QED) is 0.654. The smallest absolute Gasteiger partial charge is 0.317 e. The topological polar surface area (TPSA) is 63.6 Å². The second-order valence-electron chi connectivity index (χ2n) is 5.10. The van der Waals surface area contributed by atoms with Crippen LogP contribution in [0.15, 0.2) is 30.3 Å². The minimum Gasteiger partial charge on any atom is -0.481 e. The summed E-state index contributed by atoms with van der Waals surface area (Å²) in [5, 5.41) is 8.63. The van der Waals surface area contributed by atoms with E-state index in [9.17, 15) is 9.59 Å². The minimum atomic E-state index is -1.14. The lowest BCUT2D eigenvalue weighted by Crippen LogP contribution is -2.35. The molecule has 19 heavy (non-hydrogen) atoms. The molecule has 0 saturated heterocycles. The first-order valence-electron chi connectivity index (χ1n) is 6.57. The highest BCUT2D eigenvalue weighted by molar-refractivity contribution is 5.90. The first-order chi connectivity index (χ1) is 9.10. The molecule has 0 bridgehead atoms. The number of esters is 1. The molecule has 4 nitrogen and oxygen atoms in total. The molecule has 0 amide bonds. The largest absolute Gasteiger partial charge is 0.481 e. The lowest BCUT2D eigenvalue weighted by molar-refractivity contribution is -0.163. The van der Waals surface area contributed by atoms with Crippen molar-refractivity contribution in [3.63, 3.8) is 0 Å². The van der Waals surface area contributed by atoms with Gasteiger partial charge in [-0.1, -0.05) is 30.3 Å². The van der Waals surface area contributed by atoms with Gasteiger partial charge in [-0.25, -0.2) is 0 Å². The number of hydrogen-bond acceptors (Lipinski definition) is 3. The van der Waals surface area contributed by atoms with E-state index in [4.69, 9.17) is 9.84 Å². The van der Waals surface area contributed by atoms with Crippen molar-refractivity contribution in [1.82, 2.24) is 0 Å². The molecule has 0 unspecified atom stereocenters. The minimum absolute atomic E-state index is 0.506. The molecule has 1 aliphatic rings. The SMILES string of the molecule is O=C(O)CC(=O)OC1(Cc2ccccc2)CCCC1. The highest BCUT2D eigenvalue weighted by atomic mass is 16.6. The van der Waals surface area contributed by atoms with Gasteiger partial charge in [0, 0.05) is 6.42 Å². The number of rotatable bonds is 5. The normalized spacial score (nSPS) is 17.1. The number of carboxylic acid groups (broad SMARTS) is 1. The zero-order chi connectivity index (χ0) is 13.7. The van der Waals surface area contributed by atoms with Gasteiger partial charge in [0.2, 0.25) is 0 Å². The third kappa shape index (κ3) is 3.81. The highest BCUT2D eigenvalue weighted by Crippen LogP contribution is 2.36. The fraction of sp³-hybridized carbons (Fsp3) is 0.467. The van der Waals surface area contributed by atoms with Crippen LogP contribution >= 0.6 is 0 Å². The van der Waals surface area contributed by atoms with Gasteiger partial charge in [0.1, 0.15) is 12.0 Å². The van der Waals surface area contributed by atoms with Crippen molar-refractivity contribution < 1.29 is 19.4 Å². The second-order valence-corrected chi connectivity index (χ2v) is 5.10. The Hall–Kier alpha value is -1.84. The van der Waals surface area contributed by atoms with Crippen LogP contribution in [-0.4, -0.2) is 22.6 Å². The van der Waals surface area contributed by atoms with Crippen LogP contribution in [0.1, 0.15) is 37.7 Å². The van der Waals surface area contributed by atoms with Gasteiger partial charge in [-0.2, -0.15) is 0 Å². The van der Waals surface area contributed by atoms with Crippen molar-refractivity contribution >= 4 is 11.9 Å². The molecular weight excluding hydrogens is 244 g/mol. The van der Waals surface area contributed by atoms with Gasteiger partial charge in [0.25, 0.3) is 0 Å². The summed E-state index contributed by atoms with van der Waals surface area (Å²) in [6, 6.07) is 9.87. The van der Waals surface area contributed by atoms with E-state index in [0.29, 0.717) is 6.42 Å². The van der Waals surface area contributed by atoms with Crippen molar-refractivity contribution in [2.24, 2.45) is 0 Å². The van der Waals surface area contributed by atoms with E-state index in [1.165, 1.54) is 0 Å². The van der Waals surface area contributed by atoms with Crippen LogP contribution in [0.4, 0.5) is 0 Å². The number of carboxylic acids is 1. The Morgan fingerprint density at radius 2 is 1.79 bits per heavy atom. The Morgan fingerprint density at radius 1 is 1.16 bits per heavy atom. The van der Waals surface area contributed by atoms with Crippen LogP contribution in [0, 0.1) is 0 Å². The van der Waals surface area contributed by atoms with Gasteiger partial charge in [0.15, 0.2) is 0 Å². The van der Waals surface area contributed by atoms with Crippen molar-refractivity contribution in [2.75, 3.05) is 0 Å². The average molecular weight is 262 g/mol. The van der Waals surface area contributed by atoms with E-state index in [-0.39, 0.29) is 0 Å². The van der Waals surface area contributed by atoms with Crippen LogP contribution in [-0.2, 0) is 20.7 Å². The summed E-state index contributed by atoms with van der Waals surface area (Å²) >= 11 is 0. The Kier molecular flexibility index (Phi) is 4.20. The number of aliphatic carboxylic acids is 1. The van der Waals surface area contributed by atoms with Crippen LogP contribution in [0.25, 0.3) is 0 Å². The van der Waals surface area contributed by atoms with Gasteiger partial charge in [-0.15, -0.1) is 0 Å². The molecule has 1 aromatic rings. The van der Waals surface area contributed by atoms with Crippen LogP contribution in [0.3, 0.4) is 0 Å². The van der Waals surface area contributed by atoms with Crippen molar-refractivity contribution in [3.8, 4) is 0 Å². The summed E-state index contributed by atoms with van der Waals surface area (Å²) in [4.78, 5) is 22.1. The van der Waals surface area contributed by atoms with Crippen molar-refractivity contribution in [2.45, 2.75) is 44.1 Å². The predicted molar refractivity (Wildman–Crippen MR) is 69.7 cm³/mol. The summed E-state index contributed by atoms with van der Waals surface area (Å²) < 4.78 is 5.49. The van der Waals surface area contributed by atoms with E-state index < -0.39 is 24.0 Å². The maximum absolute atomic E-state index is 11.6. The third-order valence-electron chi connectivity index (χ3n) is 3.51. The zero-order valence-corrected chi connectivity index (χ0v) is 10.8. The molecule has 4 heteroatoms. The number of ether oxygens (including phenoxy) is 1. The maximum Gasteiger partial charge on any atom is 0.317 e.